The highest BCUT2D eigenvalue weighted by molar-refractivity contribution is 7.08. The molecule has 0 spiro atoms. The van der Waals surface area contributed by atoms with Gasteiger partial charge in [-0.1, -0.05) is 30.3 Å². The van der Waals surface area contributed by atoms with Crippen LogP contribution in [-0.2, 0) is 11.2 Å². The van der Waals surface area contributed by atoms with E-state index in [-0.39, 0.29) is 17.6 Å². The number of benzene rings is 1. The molecule has 0 N–H and O–H groups in total. The Hall–Kier alpha value is -1.94. The number of thiophene rings is 1. The van der Waals surface area contributed by atoms with E-state index in [1.807, 2.05) is 52.1 Å². The first-order valence-electron chi connectivity index (χ1n) is 7.62. The van der Waals surface area contributed by atoms with Crippen molar-refractivity contribution in [3.8, 4) is 0 Å². The van der Waals surface area contributed by atoms with Crippen LogP contribution in [0.2, 0.25) is 0 Å². The van der Waals surface area contributed by atoms with Crippen molar-refractivity contribution >= 4 is 23.0 Å². The smallest absolute Gasteiger partial charge is 0.227 e. The molecule has 0 radical (unpaired) electrons. The van der Waals surface area contributed by atoms with Crippen molar-refractivity contribution < 1.29 is 9.59 Å². The van der Waals surface area contributed by atoms with Gasteiger partial charge in [-0.15, -0.1) is 0 Å². The lowest BCUT2D eigenvalue weighted by molar-refractivity contribution is -0.131. The summed E-state index contributed by atoms with van der Waals surface area (Å²) < 4.78 is 0. The van der Waals surface area contributed by atoms with Crippen molar-refractivity contribution in [3.05, 3.63) is 58.3 Å². The lowest BCUT2D eigenvalue weighted by Crippen LogP contribution is -2.41. The number of Topliss-reactive ketones (excluding diaryl/α,β-unsaturated/α-hetero) is 1. The van der Waals surface area contributed by atoms with Crippen molar-refractivity contribution in [2.45, 2.75) is 19.3 Å². The Labute approximate surface area is 134 Å². The summed E-state index contributed by atoms with van der Waals surface area (Å²) in [5, 5.41) is 4.01. The lowest BCUT2D eigenvalue weighted by Gasteiger charge is -2.31. The van der Waals surface area contributed by atoms with E-state index in [1.54, 1.807) is 11.3 Å². The second-order valence-corrected chi connectivity index (χ2v) is 6.47. The third kappa shape index (κ3) is 3.45. The number of hydrogen-bond acceptors (Lipinski definition) is 3. The molecule has 3 nitrogen and oxygen atoms in total. The van der Waals surface area contributed by atoms with Crippen LogP contribution in [0.4, 0.5) is 0 Å². The van der Waals surface area contributed by atoms with Gasteiger partial charge in [0.1, 0.15) is 0 Å². The van der Waals surface area contributed by atoms with Gasteiger partial charge in [-0.3, -0.25) is 9.59 Å². The molecule has 22 heavy (non-hydrogen) atoms. The monoisotopic (exact) mass is 313 g/mol. The summed E-state index contributed by atoms with van der Waals surface area (Å²) in [5.74, 6) is 0.433. The molecule has 1 amide bonds. The second-order valence-electron chi connectivity index (χ2n) is 5.69. The van der Waals surface area contributed by atoms with Crippen molar-refractivity contribution in [1.82, 2.24) is 4.90 Å². The summed E-state index contributed by atoms with van der Waals surface area (Å²) in [6.07, 6.45) is 2.01. The first kappa shape index (κ1) is 15.0. The summed E-state index contributed by atoms with van der Waals surface area (Å²) in [7, 11) is 0. The molecule has 2 heterocycles. The third-order valence-electron chi connectivity index (χ3n) is 4.21. The Kier molecular flexibility index (Phi) is 4.68. The average molecular weight is 313 g/mol. The molecule has 1 aliphatic rings. The number of carbonyl (C=O) groups excluding carboxylic acids is 2. The minimum atomic E-state index is 0.0487. The van der Waals surface area contributed by atoms with Crippen LogP contribution in [0.25, 0.3) is 0 Å². The van der Waals surface area contributed by atoms with Crippen LogP contribution in [0.5, 0.6) is 0 Å². The fourth-order valence-corrected chi connectivity index (χ4v) is 3.58. The van der Waals surface area contributed by atoms with Crippen LogP contribution in [0.15, 0.2) is 47.2 Å². The topological polar surface area (TPSA) is 37.4 Å². The maximum Gasteiger partial charge on any atom is 0.227 e. The molecule has 0 atom stereocenters. The zero-order chi connectivity index (χ0) is 15.4. The van der Waals surface area contributed by atoms with Crippen LogP contribution >= 0.6 is 11.3 Å². The molecule has 0 aliphatic carbocycles. The standard InChI is InChI=1S/C18H19NO2S/c20-17(12-14-8-11-22-13-14)19-9-6-16(7-10-19)18(21)15-4-2-1-3-5-15/h1-5,8,11,13,16H,6-7,9-10,12H2. The molecule has 1 aliphatic heterocycles. The second kappa shape index (κ2) is 6.88. The molecule has 1 aromatic carbocycles. The number of carbonyl (C=O) groups is 2. The molecule has 1 fully saturated rings. The molecule has 0 bridgehead atoms. The van der Waals surface area contributed by atoms with Crippen molar-refractivity contribution in [2.75, 3.05) is 13.1 Å². The van der Waals surface area contributed by atoms with Gasteiger partial charge in [0.05, 0.1) is 6.42 Å². The van der Waals surface area contributed by atoms with Gasteiger partial charge in [0.15, 0.2) is 5.78 Å². The maximum atomic E-state index is 12.4. The van der Waals surface area contributed by atoms with Gasteiger partial charge in [0.2, 0.25) is 5.91 Å². The predicted molar refractivity (Wildman–Crippen MR) is 88.1 cm³/mol. The molecule has 1 saturated heterocycles. The van der Waals surface area contributed by atoms with Crippen molar-refractivity contribution in [2.24, 2.45) is 5.92 Å². The minimum absolute atomic E-state index is 0.0487. The number of piperidine rings is 1. The molecule has 1 aromatic heterocycles. The van der Waals surface area contributed by atoms with Gasteiger partial charge in [-0.2, -0.15) is 11.3 Å². The quantitative estimate of drug-likeness (QED) is 0.811. The molecule has 0 saturated carbocycles. The number of amides is 1. The van der Waals surface area contributed by atoms with Gasteiger partial charge < -0.3 is 4.90 Å². The van der Waals surface area contributed by atoms with Crippen LogP contribution in [-0.4, -0.2) is 29.7 Å². The highest BCUT2D eigenvalue weighted by atomic mass is 32.1. The van der Waals surface area contributed by atoms with E-state index >= 15 is 0 Å². The van der Waals surface area contributed by atoms with Crippen LogP contribution in [0, 0.1) is 5.92 Å². The van der Waals surface area contributed by atoms with Crippen LogP contribution < -0.4 is 0 Å². The van der Waals surface area contributed by atoms with E-state index in [1.165, 1.54) is 0 Å². The molecule has 114 valence electrons. The van der Waals surface area contributed by atoms with E-state index in [0.29, 0.717) is 19.5 Å². The number of ketones is 1. The van der Waals surface area contributed by atoms with Gasteiger partial charge in [-0.25, -0.2) is 0 Å². The van der Waals surface area contributed by atoms with Gasteiger partial charge in [0.25, 0.3) is 0 Å². The molecule has 4 heteroatoms. The summed E-state index contributed by atoms with van der Waals surface area (Å²) in [6, 6.07) is 11.4. The van der Waals surface area contributed by atoms with E-state index in [2.05, 4.69) is 0 Å². The zero-order valence-electron chi connectivity index (χ0n) is 12.4. The first-order chi connectivity index (χ1) is 10.7. The Morgan fingerprint density at radius 3 is 2.45 bits per heavy atom. The van der Waals surface area contributed by atoms with Crippen LogP contribution in [0.3, 0.4) is 0 Å². The maximum absolute atomic E-state index is 12.4. The van der Waals surface area contributed by atoms with E-state index in [0.717, 1.165) is 24.0 Å². The van der Waals surface area contributed by atoms with E-state index in [9.17, 15) is 9.59 Å². The first-order valence-corrected chi connectivity index (χ1v) is 8.56. The SMILES string of the molecule is O=C(c1ccccc1)C1CCN(C(=O)Cc2ccsc2)CC1. The molecular weight excluding hydrogens is 294 g/mol. The Bertz CT molecular complexity index is 628. The largest absolute Gasteiger partial charge is 0.342 e. The van der Waals surface area contributed by atoms with Crippen LogP contribution in [0.1, 0.15) is 28.8 Å². The molecule has 0 unspecified atom stereocenters. The Morgan fingerprint density at radius 2 is 1.82 bits per heavy atom. The van der Waals surface area contributed by atoms with Gasteiger partial charge in [-0.05, 0) is 35.2 Å². The van der Waals surface area contributed by atoms with Gasteiger partial charge in [0, 0.05) is 24.6 Å². The summed E-state index contributed by atoms with van der Waals surface area (Å²) in [4.78, 5) is 26.6. The number of likely N-dealkylation sites (tertiary alicyclic amines) is 1. The Morgan fingerprint density at radius 1 is 1.09 bits per heavy atom. The summed E-state index contributed by atoms with van der Waals surface area (Å²) >= 11 is 1.61. The normalized spacial score (nSPS) is 15.7. The van der Waals surface area contributed by atoms with E-state index in [4.69, 9.17) is 0 Å². The average Bonchev–Trinajstić information content (AvgIpc) is 3.08. The Balaban J connectivity index is 1.54. The highest BCUT2D eigenvalue weighted by Crippen LogP contribution is 2.22. The highest BCUT2D eigenvalue weighted by Gasteiger charge is 2.27. The number of hydrogen-bond donors (Lipinski definition) is 0. The number of nitrogens with zero attached hydrogens (tertiary/aromatic N) is 1. The zero-order valence-corrected chi connectivity index (χ0v) is 13.2. The lowest BCUT2D eigenvalue weighted by atomic mass is 9.89. The van der Waals surface area contributed by atoms with Gasteiger partial charge >= 0.3 is 0 Å². The number of rotatable bonds is 4. The fraction of sp³-hybridized carbons (Fsp3) is 0.333. The fourth-order valence-electron chi connectivity index (χ4n) is 2.91. The van der Waals surface area contributed by atoms with Crippen molar-refractivity contribution in [1.29, 1.82) is 0 Å². The third-order valence-corrected chi connectivity index (χ3v) is 4.94. The molecular formula is C18H19NO2S. The van der Waals surface area contributed by atoms with Crippen molar-refractivity contribution in [3.63, 3.8) is 0 Å². The molecule has 3 rings (SSSR count). The summed E-state index contributed by atoms with van der Waals surface area (Å²) in [5.41, 5.74) is 1.86. The molecule has 2 aromatic rings. The predicted octanol–water partition coefficient (Wildman–Crippen LogP) is 3.41. The minimum Gasteiger partial charge on any atom is -0.342 e. The van der Waals surface area contributed by atoms with E-state index < -0.39 is 0 Å². The summed E-state index contributed by atoms with van der Waals surface area (Å²) in [6.45, 7) is 1.37.